The maximum Gasteiger partial charge on any atom is 0.138 e. The molecule has 0 amide bonds. The molecule has 0 fully saturated rings. The van der Waals surface area contributed by atoms with Crippen LogP contribution in [0.4, 0.5) is 0 Å². The predicted molar refractivity (Wildman–Crippen MR) is 81.9 cm³/mol. The van der Waals surface area contributed by atoms with Crippen molar-refractivity contribution >= 4 is 11.0 Å². The van der Waals surface area contributed by atoms with E-state index in [9.17, 15) is 0 Å². The zero-order valence-electron chi connectivity index (χ0n) is 11.6. The van der Waals surface area contributed by atoms with Crippen molar-refractivity contribution in [1.82, 2.24) is 9.97 Å². The molecule has 1 aromatic heterocycles. The van der Waals surface area contributed by atoms with E-state index in [4.69, 9.17) is 4.74 Å². The van der Waals surface area contributed by atoms with Crippen LogP contribution in [0.15, 0.2) is 48.5 Å². The van der Waals surface area contributed by atoms with Crippen molar-refractivity contribution in [2.24, 2.45) is 0 Å². The summed E-state index contributed by atoms with van der Waals surface area (Å²) in [4.78, 5) is 7.95. The monoisotopic (exact) mass is 266 g/mol. The first kappa shape index (κ1) is 12.7. The number of fused-ring (bicyclic) bond motifs is 1. The second kappa shape index (κ2) is 5.78. The van der Waals surface area contributed by atoms with Gasteiger partial charge in [-0.25, -0.2) is 4.98 Å². The van der Waals surface area contributed by atoms with E-state index < -0.39 is 0 Å². The molecule has 1 heterocycles. The fourth-order valence-corrected chi connectivity index (χ4v) is 2.16. The van der Waals surface area contributed by atoms with E-state index in [1.165, 1.54) is 0 Å². The molecule has 0 saturated carbocycles. The third-order valence-corrected chi connectivity index (χ3v) is 3.26. The van der Waals surface area contributed by atoms with E-state index in [1.54, 1.807) is 0 Å². The molecule has 0 spiro atoms. The predicted octanol–water partition coefficient (Wildman–Crippen LogP) is 4.41. The van der Waals surface area contributed by atoms with Crippen LogP contribution in [0.3, 0.4) is 0 Å². The van der Waals surface area contributed by atoms with Gasteiger partial charge in [-0.2, -0.15) is 0 Å². The number of unbranched alkanes of at least 4 members (excludes halogenated alkanes) is 1. The Hall–Kier alpha value is -2.29. The van der Waals surface area contributed by atoms with Crippen molar-refractivity contribution in [2.45, 2.75) is 19.8 Å². The molecule has 102 valence electrons. The molecular weight excluding hydrogens is 248 g/mol. The maximum atomic E-state index is 5.74. The standard InChI is InChI=1S/C17H18N2O/c1-2-3-11-20-14-8-6-7-13(12-14)17-18-15-9-4-5-10-16(15)19-17/h4-10,12H,2-3,11H2,1H3,(H,18,19). The van der Waals surface area contributed by atoms with Crippen LogP contribution < -0.4 is 4.74 Å². The number of ether oxygens (including phenoxy) is 1. The molecule has 1 N–H and O–H groups in total. The van der Waals surface area contributed by atoms with Gasteiger partial charge < -0.3 is 9.72 Å². The van der Waals surface area contributed by atoms with Crippen molar-refractivity contribution in [3.63, 3.8) is 0 Å². The van der Waals surface area contributed by atoms with Gasteiger partial charge in [0.15, 0.2) is 0 Å². The molecule has 0 aliphatic heterocycles. The van der Waals surface area contributed by atoms with Crippen LogP contribution in [-0.2, 0) is 0 Å². The minimum atomic E-state index is 0.764. The van der Waals surface area contributed by atoms with Crippen LogP contribution in [0, 0.1) is 0 Å². The van der Waals surface area contributed by atoms with Crippen LogP contribution in [0.5, 0.6) is 5.75 Å². The fourth-order valence-electron chi connectivity index (χ4n) is 2.16. The number of nitrogens with one attached hydrogen (secondary N) is 1. The van der Waals surface area contributed by atoms with Gasteiger partial charge >= 0.3 is 0 Å². The number of hydrogen-bond donors (Lipinski definition) is 1. The van der Waals surface area contributed by atoms with Gasteiger partial charge in [0.1, 0.15) is 11.6 Å². The van der Waals surface area contributed by atoms with Crippen molar-refractivity contribution in [1.29, 1.82) is 0 Å². The highest BCUT2D eigenvalue weighted by Crippen LogP contribution is 2.24. The van der Waals surface area contributed by atoms with Gasteiger partial charge in [-0.05, 0) is 30.7 Å². The van der Waals surface area contributed by atoms with Crippen molar-refractivity contribution < 1.29 is 4.74 Å². The maximum absolute atomic E-state index is 5.74. The molecule has 3 rings (SSSR count). The number of para-hydroxylation sites is 2. The summed E-state index contributed by atoms with van der Waals surface area (Å²) < 4.78 is 5.74. The summed E-state index contributed by atoms with van der Waals surface area (Å²) in [5, 5.41) is 0. The number of imidazole rings is 1. The quantitative estimate of drug-likeness (QED) is 0.695. The van der Waals surface area contributed by atoms with Crippen molar-refractivity contribution in [3.05, 3.63) is 48.5 Å². The summed E-state index contributed by atoms with van der Waals surface area (Å²) in [6.07, 6.45) is 2.22. The van der Waals surface area contributed by atoms with Gasteiger partial charge in [0, 0.05) is 5.56 Å². The van der Waals surface area contributed by atoms with Crippen LogP contribution >= 0.6 is 0 Å². The minimum absolute atomic E-state index is 0.764. The zero-order chi connectivity index (χ0) is 13.8. The first-order valence-corrected chi connectivity index (χ1v) is 7.05. The average Bonchev–Trinajstić information content (AvgIpc) is 2.92. The molecule has 0 radical (unpaired) electrons. The number of nitrogens with zero attached hydrogens (tertiary/aromatic N) is 1. The van der Waals surface area contributed by atoms with Gasteiger partial charge in [-0.1, -0.05) is 37.6 Å². The number of aromatic nitrogens is 2. The summed E-state index contributed by atoms with van der Waals surface area (Å²) in [6, 6.07) is 16.1. The molecule has 3 heteroatoms. The minimum Gasteiger partial charge on any atom is -0.494 e. The van der Waals surface area contributed by atoms with Gasteiger partial charge in [0.05, 0.1) is 17.6 Å². The van der Waals surface area contributed by atoms with Gasteiger partial charge in [-0.3, -0.25) is 0 Å². The molecule has 2 aromatic carbocycles. The Morgan fingerprint density at radius 1 is 1.10 bits per heavy atom. The lowest BCUT2D eigenvalue weighted by molar-refractivity contribution is 0.309. The SMILES string of the molecule is CCCCOc1cccc(-c2nc3ccccc3[nH]2)c1. The van der Waals surface area contributed by atoms with E-state index in [0.717, 1.165) is 47.6 Å². The second-order valence-electron chi connectivity index (χ2n) is 4.83. The van der Waals surface area contributed by atoms with E-state index in [-0.39, 0.29) is 0 Å². The highest BCUT2D eigenvalue weighted by Gasteiger charge is 2.05. The third-order valence-electron chi connectivity index (χ3n) is 3.26. The number of aromatic amines is 1. The van der Waals surface area contributed by atoms with Crippen LogP contribution in [0.1, 0.15) is 19.8 Å². The Balaban J connectivity index is 1.87. The smallest absolute Gasteiger partial charge is 0.138 e. The summed E-state index contributed by atoms with van der Waals surface area (Å²) >= 11 is 0. The normalized spacial score (nSPS) is 10.8. The molecule has 0 bridgehead atoms. The highest BCUT2D eigenvalue weighted by atomic mass is 16.5. The summed E-state index contributed by atoms with van der Waals surface area (Å²) in [5.74, 6) is 1.78. The van der Waals surface area contributed by atoms with Crippen LogP contribution in [-0.4, -0.2) is 16.6 Å². The number of rotatable bonds is 5. The Morgan fingerprint density at radius 2 is 2.00 bits per heavy atom. The molecule has 0 aliphatic carbocycles. The molecule has 0 aliphatic rings. The summed E-state index contributed by atoms with van der Waals surface area (Å²) in [6.45, 7) is 2.92. The molecular formula is C17H18N2O. The first-order valence-electron chi connectivity index (χ1n) is 7.05. The number of benzene rings is 2. The lowest BCUT2D eigenvalue weighted by Crippen LogP contribution is -1.96. The Labute approximate surface area is 118 Å². The van der Waals surface area contributed by atoms with Crippen molar-refractivity contribution in [3.8, 4) is 17.1 Å². The van der Waals surface area contributed by atoms with Gasteiger partial charge in [0.2, 0.25) is 0 Å². The molecule has 0 unspecified atom stereocenters. The van der Waals surface area contributed by atoms with Crippen molar-refractivity contribution in [2.75, 3.05) is 6.61 Å². The van der Waals surface area contributed by atoms with Crippen LogP contribution in [0.2, 0.25) is 0 Å². The molecule has 3 nitrogen and oxygen atoms in total. The average molecular weight is 266 g/mol. The molecule has 20 heavy (non-hydrogen) atoms. The number of H-pyrrole nitrogens is 1. The fraction of sp³-hybridized carbons (Fsp3) is 0.235. The van der Waals surface area contributed by atoms with Gasteiger partial charge in [-0.15, -0.1) is 0 Å². The Morgan fingerprint density at radius 3 is 2.85 bits per heavy atom. The third kappa shape index (κ3) is 2.67. The highest BCUT2D eigenvalue weighted by molar-refractivity contribution is 5.79. The first-order chi connectivity index (χ1) is 9.86. The molecule has 0 atom stereocenters. The zero-order valence-corrected chi connectivity index (χ0v) is 11.6. The summed E-state index contributed by atoms with van der Waals surface area (Å²) in [7, 11) is 0. The van der Waals surface area contributed by atoms with E-state index in [1.807, 2.05) is 48.5 Å². The van der Waals surface area contributed by atoms with E-state index in [2.05, 4.69) is 16.9 Å². The second-order valence-corrected chi connectivity index (χ2v) is 4.83. The van der Waals surface area contributed by atoms with E-state index >= 15 is 0 Å². The van der Waals surface area contributed by atoms with Gasteiger partial charge in [0.25, 0.3) is 0 Å². The lowest BCUT2D eigenvalue weighted by atomic mass is 10.2. The topological polar surface area (TPSA) is 37.9 Å². The summed E-state index contributed by atoms with van der Waals surface area (Å²) in [5.41, 5.74) is 3.09. The van der Waals surface area contributed by atoms with Crippen LogP contribution in [0.25, 0.3) is 22.4 Å². The Bertz CT molecular complexity index is 670. The molecule has 3 aromatic rings. The lowest BCUT2D eigenvalue weighted by Gasteiger charge is -2.06. The molecule has 0 saturated heterocycles. The van der Waals surface area contributed by atoms with E-state index in [0.29, 0.717) is 0 Å². The number of hydrogen-bond acceptors (Lipinski definition) is 2. The Kier molecular flexibility index (Phi) is 3.68. The largest absolute Gasteiger partial charge is 0.494 e.